The van der Waals surface area contributed by atoms with Gasteiger partial charge in [-0.2, -0.15) is 0 Å². The minimum absolute atomic E-state index is 0.257. The van der Waals surface area contributed by atoms with Gasteiger partial charge in [-0.25, -0.2) is 0 Å². The summed E-state index contributed by atoms with van der Waals surface area (Å²) < 4.78 is 0. The molecule has 98 valence electrons. The standard InChI is InChI=1S/C15H21NO2/c1-2-11-16(12-7-6-10-15(17)18)13-14-8-4-3-5-9-14/h2-5,8-9H,1,6-7,10-13H2,(H,17,18). The second-order valence-corrected chi connectivity index (χ2v) is 4.36. The van der Waals surface area contributed by atoms with E-state index in [1.54, 1.807) is 0 Å². The van der Waals surface area contributed by atoms with Crippen molar-refractivity contribution in [3.05, 3.63) is 48.6 Å². The zero-order chi connectivity index (χ0) is 13.2. The van der Waals surface area contributed by atoms with E-state index in [1.807, 2.05) is 24.3 Å². The Hall–Kier alpha value is -1.61. The first-order valence-electron chi connectivity index (χ1n) is 6.31. The Bertz CT molecular complexity index is 362. The van der Waals surface area contributed by atoms with Crippen molar-refractivity contribution >= 4 is 5.97 Å². The van der Waals surface area contributed by atoms with Gasteiger partial charge in [-0.05, 0) is 24.9 Å². The highest BCUT2D eigenvalue weighted by molar-refractivity contribution is 5.66. The summed E-state index contributed by atoms with van der Waals surface area (Å²) in [6, 6.07) is 10.3. The van der Waals surface area contributed by atoms with Gasteiger partial charge in [0.15, 0.2) is 0 Å². The number of unbranched alkanes of at least 4 members (excludes halogenated alkanes) is 1. The van der Waals surface area contributed by atoms with E-state index in [1.165, 1.54) is 5.56 Å². The number of carboxylic acids is 1. The number of hydrogen-bond acceptors (Lipinski definition) is 2. The maximum absolute atomic E-state index is 10.4. The van der Waals surface area contributed by atoms with Gasteiger partial charge in [0.05, 0.1) is 0 Å². The van der Waals surface area contributed by atoms with E-state index in [2.05, 4.69) is 23.6 Å². The number of rotatable bonds is 9. The molecule has 1 aromatic rings. The molecule has 0 unspecified atom stereocenters. The van der Waals surface area contributed by atoms with Gasteiger partial charge in [-0.15, -0.1) is 6.58 Å². The van der Waals surface area contributed by atoms with Gasteiger partial charge in [-0.1, -0.05) is 36.4 Å². The number of nitrogens with zero attached hydrogens (tertiary/aromatic N) is 1. The highest BCUT2D eigenvalue weighted by Gasteiger charge is 2.04. The zero-order valence-corrected chi connectivity index (χ0v) is 10.7. The Morgan fingerprint density at radius 3 is 2.61 bits per heavy atom. The second-order valence-electron chi connectivity index (χ2n) is 4.36. The molecule has 0 aliphatic heterocycles. The third-order valence-electron chi connectivity index (χ3n) is 2.75. The number of benzene rings is 1. The first kappa shape index (κ1) is 14.5. The average Bonchev–Trinajstić information content (AvgIpc) is 2.36. The van der Waals surface area contributed by atoms with Crippen LogP contribution in [0.5, 0.6) is 0 Å². The summed E-state index contributed by atoms with van der Waals surface area (Å²) in [7, 11) is 0. The molecule has 0 heterocycles. The van der Waals surface area contributed by atoms with Gasteiger partial charge >= 0.3 is 5.97 Å². The van der Waals surface area contributed by atoms with Gasteiger partial charge in [0.25, 0.3) is 0 Å². The van der Waals surface area contributed by atoms with Crippen molar-refractivity contribution in [3.63, 3.8) is 0 Å². The Kier molecular flexibility index (Phi) is 6.81. The van der Waals surface area contributed by atoms with Crippen LogP contribution in [0.4, 0.5) is 0 Å². The van der Waals surface area contributed by atoms with Crippen LogP contribution in [-0.2, 0) is 11.3 Å². The first-order valence-corrected chi connectivity index (χ1v) is 6.31. The predicted octanol–water partition coefficient (Wildman–Crippen LogP) is 2.93. The molecule has 0 aliphatic carbocycles. The van der Waals surface area contributed by atoms with Gasteiger partial charge < -0.3 is 5.11 Å². The average molecular weight is 247 g/mol. The van der Waals surface area contributed by atoms with Gasteiger partial charge in [0, 0.05) is 19.5 Å². The van der Waals surface area contributed by atoms with Gasteiger partial charge in [0.2, 0.25) is 0 Å². The number of carboxylic acid groups (broad SMARTS) is 1. The van der Waals surface area contributed by atoms with Crippen LogP contribution in [-0.4, -0.2) is 29.1 Å². The Labute approximate surface area is 109 Å². The number of carbonyl (C=O) groups is 1. The lowest BCUT2D eigenvalue weighted by Crippen LogP contribution is -2.24. The molecule has 0 atom stereocenters. The summed E-state index contributed by atoms with van der Waals surface area (Å²) in [5, 5.41) is 8.59. The van der Waals surface area contributed by atoms with Crippen LogP contribution in [0.15, 0.2) is 43.0 Å². The van der Waals surface area contributed by atoms with E-state index in [9.17, 15) is 4.79 Å². The third-order valence-corrected chi connectivity index (χ3v) is 2.75. The maximum atomic E-state index is 10.4. The van der Waals surface area contributed by atoms with Gasteiger partial charge in [0.1, 0.15) is 0 Å². The Morgan fingerprint density at radius 2 is 2.00 bits per heavy atom. The normalized spacial score (nSPS) is 10.5. The minimum Gasteiger partial charge on any atom is -0.481 e. The molecule has 3 heteroatoms. The van der Waals surface area contributed by atoms with Crippen LogP contribution in [0.2, 0.25) is 0 Å². The van der Waals surface area contributed by atoms with Crippen molar-refractivity contribution in [2.24, 2.45) is 0 Å². The molecule has 0 spiro atoms. The topological polar surface area (TPSA) is 40.5 Å². The van der Waals surface area contributed by atoms with Crippen molar-refractivity contribution in [1.82, 2.24) is 4.90 Å². The van der Waals surface area contributed by atoms with Crippen LogP contribution in [0.3, 0.4) is 0 Å². The number of hydrogen-bond donors (Lipinski definition) is 1. The van der Waals surface area contributed by atoms with Crippen molar-refractivity contribution in [2.45, 2.75) is 25.8 Å². The molecule has 0 aromatic heterocycles. The fourth-order valence-electron chi connectivity index (χ4n) is 1.87. The predicted molar refractivity (Wildman–Crippen MR) is 73.4 cm³/mol. The summed E-state index contributed by atoms with van der Waals surface area (Å²) in [5.74, 6) is -0.715. The van der Waals surface area contributed by atoms with Gasteiger partial charge in [-0.3, -0.25) is 9.69 Å². The molecule has 0 radical (unpaired) electrons. The van der Waals surface area contributed by atoms with E-state index >= 15 is 0 Å². The molecule has 0 fully saturated rings. The lowest BCUT2D eigenvalue weighted by molar-refractivity contribution is -0.137. The van der Waals surface area contributed by atoms with E-state index < -0.39 is 5.97 Å². The minimum atomic E-state index is -0.715. The van der Waals surface area contributed by atoms with E-state index in [0.717, 1.165) is 32.5 Å². The second kappa shape index (κ2) is 8.48. The van der Waals surface area contributed by atoms with E-state index in [0.29, 0.717) is 0 Å². The molecule has 3 nitrogen and oxygen atoms in total. The number of aliphatic carboxylic acids is 1. The molecule has 0 amide bonds. The molecule has 18 heavy (non-hydrogen) atoms. The Morgan fingerprint density at radius 1 is 1.28 bits per heavy atom. The zero-order valence-electron chi connectivity index (χ0n) is 10.7. The van der Waals surface area contributed by atoms with Crippen molar-refractivity contribution in [3.8, 4) is 0 Å². The van der Waals surface area contributed by atoms with Crippen LogP contribution in [0, 0.1) is 0 Å². The largest absolute Gasteiger partial charge is 0.481 e. The molecule has 0 saturated carbocycles. The fourth-order valence-corrected chi connectivity index (χ4v) is 1.87. The SMILES string of the molecule is C=CCN(CCCCC(=O)O)Cc1ccccc1. The fraction of sp³-hybridized carbons (Fsp3) is 0.400. The first-order chi connectivity index (χ1) is 8.72. The molecule has 1 N–H and O–H groups in total. The lowest BCUT2D eigenvalue weighted by atomic mass is 10.2. The van der Waals surface area contributed by atoms with Crippen LogP contribution in [0.1, 0.15) is 24.8 Å². The van der Waals surface area contributed by atoms with E-state index in [4.69, 9.17) is 5.11 Å². The lowest BCUT2D eigenvalue weighted by Gasteiger charge is -2.20. The molecule has 1 rings (SSSR count). The van der Waals surface area contributed by atoms with E-state index in [-0.39, 0.29) is 6.42 Å². The molecule has 0 bridgehead atoms. The van der Waals surface area contributed by atoms with Crippen molar-refractivity contribution < 1.29 is 9.90 Å². The van der Waals surface area contributed by atoms with Crippen LogP contribution >= 0.6 is 0 Å². The van der Waals surface area contributed by atoms with Crippen LogP contribution < -0.4 is 0 Å². The highest BCUT2D eigenvalue weighted by Crippen LogP contribution is 2.06. The highest BCUT2D eigenvalue weighted by atomic mass is 16.4. The quantitative estimate of drug-likeness (QED) is 0.539. The monoisotopic (exact) mass is 247 g/mol. The molecular formula is C15H21NO2. The summed E-state index contributed by atoms with van der Waals surface area (Å²) in [5.41, 5.74) is 1.28. The van der Waals surface area contributed by atoms with Crippen molar-refractivity contribution in [2.75, 3.05) is 13.1 Å². The molecule has 1 aromatic carbocycles. The summed E-state index contributed by atoms with van der Waals surface area (Å²) in [6.07, 6.45) is 3.79. The maximum Gasteiger partial charge on any atom is 0.303 e. The molecule has 0 aliphatic rings. The molecule has 0 saturated heterocycles. The molecular weight excluding hydrogens is 226 g/mol. The summed E-state index contributed by atoms with van der Waals surface area (Å²) in [6.45, 7) is 6.40. The van der Waals surface area contributed by atoms with Crippen LogP contribution in [0.25, 0.3) is 0 Å². The Balaban J connectivity index is 2.35. The summed E-state index contributed by atoms with van der Waals surface area (Å²) in [4.78, 5) is 12.7. The third kappa shape index (κ3) is 6.21. The summed E-state index contributed by atoms with van der Waals surface area (Å²) >= 11 is 0. The smallest absolute Gasteiger partial charge is 0.303 e. The van der Waals surface area contributed by atoms with Crippen molar-refractivity contribution in [1.29, 1.82) is 0 Å².